The van der Waals surface area contributed by atoms with E-state index in [0.717, 1.165) is 25.7 Å². The average molecular weight is 230 g/mol. The van der Waals surface area contributed by atoms with Gasteiger partial charge in [0.2, 0.25) is 0 Å². The van der Waals surface area contributed by atoms with Gasteiger partial charge in [0.1, 0.15) is 0 Å². The third-order valence-corrected chi connectivity index (χ3v) is 3.66. The molecule has 0 aromatic carbocycles. The summed E-state index contributed by atoms with van der Waals surface area (Å²) >= 11 is 0. The summed E-state index contributed by atoms with van der Waals surface area (Å²) in [5.74, 6) is 0. The van der Waals surface area contributed by atoms with E-state index >= 15 is 0 Å². The maximum atomic E-state index is 9.24. The summed E-state index contributed by atoms with van der Waals surface area (Å²) in [6, 6.07) is 0. The van der Waals surface area contributed by atoms with Crippen LogP contribution in [0.1, 0.15) is 72.6 Å². The van der Waals surface area contributed by atoms with Crippen LogP contribution < -0.4 is 0 Å². The van der Waals surface area contributed by atoms with Gasteiger partial charge in [0.15, 0.2) is 0 Å². The first kappa shape index (κ1) is 15.9. The molecule has 0 amide bonds. The van der Waals surface area contributed by atoms with Crippen LogP contribution in [0.15, 0.2) is 0 Å². The average Bonchev–Trinajstić information content (AvgIpc) is 2.16. The highest BCUT2D eigenvalue weighted by atomic mass is 16.3. The van der Waals surface area contributed by atoms with Gasteiger partial charge >= 0.3 is 0 Å². The van der Waals surface area contributed by atoms with E-state index in [1.807, 2.05) is 13.8 Å². The molecular formula is C14H30O2. The molecule has 0 heterocycles. The van der Waals surface area contributed by atoms with Crippen LogP contribution in [-0.4, -0.2) is 22.4 Å². The molecule has 2 N–H and O–H groups in total. The minimum Gasteiger partial charge on any atom is -0.393 e. The van der Waals surface area contributed by atoms with E-state index in [1.165, 1.54) is 19.3 Å². The van der Waals surface area contributed by atoms with Crippen molar-refractivity contribution in [2.45, 2.75) is 84.8 Å². The highest BCUT2D eigenvalue weighted by Gasteiger charge is 2.21. The molecule has 0 aliphatic carbocycles. The summed E-state index contributed by atoms with van der Waals surface area (Å²) in [6.07, 6.45) is 7.26. The van der Waals surface area contributed by atoms with E-state index < -0.39 is 0 Å². The van der Waals surface area contributed by atoms with Crippen molar-refractivity contribution in [2.75, 3.05) is 0 Å². The van der Waals surface area contributed by atoms with Crippen molar-refractivity contribution in [1.82, 2.24) is 0 Å². The van der Waals surface area contributed by atoms with Crippen molar-refractivity contribution in [3.63, 3.8) is 0 Å². The van der Waals surface area contributed by atoms with Crippen LogP contribution in [0.4, 0.5) is 0 Å². The summed E-state index contributed by atoms with van der Waals surface area (Å²) in [6.45, 7) is 8.29. The van der Waals surface area contributed by atoms with Gasteiger partial charge in [-0.15, -0.1) is 0 Å². The molecule has 0 saturated heterocycles. The molecule has 2 nitrogen and oxygen atoms in total. The van der Waals surface area contributed by atoms with Crippen molar-refractivity contribution in [3.8, 4) is 0 Å². The maximum absolute atomic E-state index is 9.24. The molecule has 0 rings (SSSR count). The molecule has 2 heteroatoms. The van der Waals surface area contributed by atoms with Crippen molar-refractivity contribution in [1.29, 1.82) is 0 Å². The Labute approximate surface area is 101 Å². The molecule has 0 aromatic heterocycles. The highest BCUT2D eigenvalue weighted by Crippen LogP contribution is 2.34. The molecule has 0 saturated carbocycles. The first-order valence-corrected chi connectivity index (χ1v) is 6.76. The third-order valence-electron chi connectivity index (χ3n) is 3.66. The fourth-order valence-corrected chi connectivity index (χ4v) is 2.13. The summed E-state index contributed by atoms with van der Waals surface area (Å²) in [5, 5.41) is 18.5. The first-order chi connectivity index (χ1) is 7.39. The Bertz CT molecular complexity index is 150. The zero-order chi connectivity index (χ0) is 12.6. The molecule has 2 atom stereocenters. The Morgan fingerprint density at radius 1 is 0.938 bits per heavy atom. The van der Waals surface area contributed by atoms with Crippen LogP contribution in [0.25, 0.3) is 0 Å². The second-order valence-electron chi connectivity index (χ2n) is 5.65. The van der Waals surface area contributed by atoms with Crippen LogP contribution >= 0.6 is 0 Å². The standard InChI is InChI=1S/C14H30O2/c1-5-14(4,10-6-8-12(2)15)11-7-9-13(3)16/h12-13,15-16H,5-11H2,1-4H3. The molecule has 0 aliphatic rings. The predicted molar refractivity (Wildman–Crippen MR) is 69.5 cm³/mol. The molecular weight excluding hydrogens is 200 g/mol. The van der Waals surface area contributed by atoms with Crippen molar-refractivity contribution in [3.05, 3.63) is 0 Å². The molecule has 0 spiro atoms. The van der Waals surface area contributed by atoms with Crippen LogP contribution in [-0.2, 0) is 0 Å². The Kier molecular flexibility index (Phi) is 8.04. The van der Waals surface area contributed by atoms with Crippen molar-refractivity contribution < 1.29 is 10.2 Å². The van der Waals surface area contributed by atoms with Crippen LogP contribution in [0.2, 0.25) is 0 Å². The smallest absolute Gasteiger partial charge is 0.0512 e. The molecule has 16 heavy (non-hydrogen) atoms. The minimum atomic E-state index is -0.168. The lowest BCUT2D eigenvalue weighted by molar-refractivity contribution is 0.154. The Balaban J connectivity index is 3.81. The number of hydrogen-bond donors (Lipinski definition) is 2. The molecule has 0 radical (unpaired) electrons. The van der Waals surface area contributed by atoms with E-state index in [4.69, 9.17) is 0 Å². The molecule has 0 bridgehead atoms. The Hall–Kier alpha value is -0.0800. The largest absolute Gasteiger partial charge is 0.393 e. The Morgan fingerprint density at radius 2 is 1.31 bits per heavy atom. The summed E-state index contributed by atoms with van der Waals surface area (Å²) in [5.41, 5.74) is 0.393. The predicted octanol–water partition coefficient (Wildman–Crippen LogP) is 3.50. The summed E-state index contributed by atoms with van der Waals surface area (Å²) < 4.78 is 0. The second-order valence-corrected chi connectivity index (χ2v) is 5.65. The molecule has 2 unspecified atom stereocenters. The van der Waals surface area contributed by atoms with Gasteiger partial charge in [0, 0.05) is 0 Å². The molecule has 0 aliphatic heterocycles. The fourth-order valence-electron chi connectivity index (χ4n) is 2.13. The normalized spacial score (nSPS) is 19.1. The van der Waals surface area contributed by atoms with Gasteiger partial charge in [0.05, 0.1) is 12.2 Å². The fraction of sp³-hybridized carbons (Fsp3) is 1.00. The monoisotopic (exact) mass is 230 g/mol. The molecule has 0 aromatic rings. The number of aliphatic hydroxyl groups excluding tert-OH is 2. The van der Waals surface area contributed by atoms with Gasteiger partial charge in [-0.05, 0) is 44.9 Å². The number of rotatable bonds is 9. The summed E-state index contributed by atoms with van der Waals surface area (Å²) in [4.78, 5) is 0. The topological polar surface area (TPSA) is 40.5 Å². The van der Waals surface area contributed by atoms with Crippen LogP contribution in [0, 0.1) is 5.41 Å². The van der Waals surface area contributed by atoms with E-state index in [1.54, 1.807) is 0 Å². The SMILES string of the molecule is CCC(C)(CCCC(C)O)CCCC(C)O. The van der Waals surface area contributed by atoms with E-state index in [-0.39, 0.29) is 12.2 Å². The maximum Gasteiger partial charge on any atom is 0.0512 e. The lowest BCUT2D eigenvalue weighted by atomic mass is 9.77. The van der Waals surface area contributed by atoms with Gasteiger partial charge in [-0.2, -0.15) is 0 Å². The lowest BCUT2D eigenvalue weighted by Crippen LogP contribution is -2.17. The zero-order valence-corrected chi connectivity index (χ0v) is 11.5. The third kappa shape index (κ3) is 8.12. The van der Waals surface area contributed by atoms with Gasteiger partial charge in [0.25, 0.3) is 0 Å². The quantitative estimate of drug-likeness (QED) is 0.636. The van der Waals surface area contributed by atoms with E-state index in [2.05, 4.69) is 13.8 Å². The van der Waals surface area contributed by atoms with Gasteiger partial charge in [-0.1, -0.05) is 33.1 Å². The van der Waals surface area contributed by atoms with Gasteiger partial charge in [-0.25, -0.2) is 0 Å². The number of aliphatic hydroxyl groups is 2. The van der Waals surface area contributed by atoms with Crippen molar-refractivity contribution >= 4 is 0 Å². The minimum absolute atomic E-state index is 0.168. The second kappa shape index (κ2) is 8.08. The summed E-state index contributed by atoms with van der Waals surface area (Å²) in [7, 11) is 0. The van der Waals surface area contributed by atoms with E-state index in [0.29, 0.717) is 5.41 Å². The van der Waals surface area contributed by atoms with Gasteiger partial charge in [-0.3, -0.25) is 0 Å². The van der Waals surface area contributed by atoms with Crippen molar-refractivity contribution in [2.24, 2.45) is 5.41 Å². The highest BCUT2D eigenvalue weighted by molar-refractivity contribution is 4.73. The molecule has 0 fully saturated rings. The van der Waals surface area contributed by atoms with E-state index in [9.17, 15) is 10.2 Å². The zero-order valence-electron chi connectivity index (χ0n) is 11.5. The first-order valence-electron chi connectivity index (χ1n) is 6.76. The Morgan fingerprint density at radius 3 is 1.56 bits per heavy atom. The molecule has 98 valence electrons. The van der Waals surface area contributed by atoms with Crippen LogP contribution in [0.3, 0.4) is 0 Å². The number of hydrogen-bond acceptors (Lipinski definition) is 2. The van der Waals surface area contributed by atoms with Gasteiger partial charge < -0.3 is 10.2 Å². The lowest BCUT2D eigenvalue weighted by Gasteiger charge is -2.29. The van der Waals surface area contributed by atoms with Crippen LogP contribution in [0.5, 0.6) is 0 Å².